The number of aryl methyl sites for hydroxylation is 2. The third kappa shape index (κ3) is 4.64. The van der Waals surface area contributed by atoms with Crippen LogP contribution in [0.2, 0.25) is 0 Å². The molecule has 0 spiro atoms. The highest BCUT2D eigenvalue weighted by Crippen LogP contribution is 2.34. The number of nitrogens with zero attached hydrogens (tertiary/aromatic N) is 2. The van der Waals surface area contributed by atoms with Crippen LogP contribution in [-0.2, 0) is 0 Å². The Bertz CT molecular complexity index is 2240. The van der Waals surface area contributed by atoms with Gasteiger partial charge in [0, 0.05) is 44.0 Å². The van der Waals surface area contributed by atoms with Crippen LogP contribution in [0.25, 0.3) is 55.0 Å². The monoisotopic (exact) mass is 566 g/mol. The fourth-order valence-corrected chi connectivity index (χ4v) is 6.26. The van der Waals surface area contributed by atoms with Crippen LogP contribution >= 0.6 is 0 Å². The molecule has 6 aromatic carbocycles. The van der Waals surface area contributed by atoms with Gasteiger partial charge in [-0.25, -0.2) is 0 Å². The summed E-state index contributed by atoms with van der Waals surface area (Å²) in [5.74, 6) is 6.74. The van der Waals surface area contributed by atoms with Crippen molar-refractivity contribution < 1.29 is 0 Å². The van der Waals surface area contributed by atoms with Crippen molar-refractivity contribution in [3.8, 4) is 23.2 Å². The molecule has 8 aromatic rings. The number of hydrogen-bond acceptors (Lipinski definition) is 0. The lowest BCUT2D eigenvalue weighted by Crippen LogP contribution is -1.94. The van der Waals surface area contributed by atoms with E-state index in [9.17, 15) is 0 Å². The third-order valence-electron chi connectivity index (χ3n) is 8.26. The Morgan fingerprint density at radius 1 is 0.386 bits per heavy atom. The third-order valence-corrected chi connectivity index (χ3v) is 8.26. The molecule has 0 bridgehead atoms. The summed E-state index contributed by atoms with van der Waals surface area (Å²) >= 11 is 0. The molecule has 0 atom stereocenters. The molecule has 0 saturated heterocycles. The van der Waals surface area contributed by atoms with Gasteiger partial charge in [0.15, 0.2) is 0 Å². The minimum Gasteiger partial charge on any atom is -0.309 e. The zero-order valence-electron chi connectivity index (χ0n) is 25.6. The molecular weight excluding hydrogens is 532 g/mol. The number of aromatic nitrogens is 2. The van der Waals surface area contributed by atoms with Crippen LogP contribution in [0.5, 0.6) is 0 Å². The van der Waals surface area contributed by atoms with Gasteiger partial charge in [-0.2, -0.15) is 0 Å². The highest BCUT2D eigenvalue weighted by atomic mass is 15.0. The van der Waals surface area contributed by atoms with Crippen molar-refractivity contribution in [3.05, 3.63) is 156 Å². The predicted molar refractivity (Wildman–Crippen MR) is 188 cm³/mol. The second kappa shape index (κ2) is 11.3. The number of benzene rings is 6. The fourth-order valence-electron chi connectivity index (χ4n) is 6.26. The van der Waals surface area contributed by atoms with Crippen LogP contribution in [0.15, 0.2) is 133 Å². The summed E-state index contributed by atoms with van der Waals surface area (Å²) in [7, 11) is 0. The van der Waals surface area contributed by atoms with E-state index in [2.05, 4.69) is 168 Å². The fraction of sp³-hybridized carbons (Fsp3) is 0.0952. The number of fused-ring (bicyclic) bond motifs is 6. The summed E-state index contributed by atoms with van der Waals surface area (Å²) in [6.07, 6.45) is 0. The number of para-hydroxylation sites is 2. The largest absolute Gasteiger partial charge is 0.309 e. The van der Waals surface area contributed by atoms with Gasteiger partial charge in [0.2, 0.25) is 0 Å². The second-order valence-corrected chi connectivity index (χ2v) is 11.1. The van der Waals surface area contributed by atoms with Gasteiger partial charge in [0.05, 0.1) is 22.1 Å². The standard InChI is InChI=1S/C40H28N2.C2H6/c1-27-11-23-39-35(25-27)36-26-28(2)12-24-40(36)42(39)32-21-17-30(18-22-32)14-13-29-15-19-31(20-16-29)41-37-9-5-3-7-33(37)34-8-4-6-10-38(34)41;1-2/h3-12,15-26H,1-2H3;1-2H3. The Morgan fingerprint density at radius 2 is 0.750 bits per heavy atom. The molecule has 2 aromatic heterocycles. The van der Waals surface area contributed by atoms with Crippen molar-refractivity contribution in [3.63, 3.8) is 0 Å². The molecule has 0 aliphatic rings. The molecular formula is C42H34N2. The van der Waals surface area contributed by atoms with Crippen LogP contribution in [0.3, 0.4) is 0 Å². The Hall–Kier alpha value is -5.52. The zero-order chi connectivity index (χ0) is 30.2. The van der Waals surface area contributed by atoms with Gasteiger partial charge in [-0.1, -0.05) is 85.3 Å². The number of hydrogen-bond donors (Lipinski definition) is 0. The molecule has 44 heavy (non-hydrogen) atoms. The highest BCUT2D eigenvalue weighted by Gasteiger charge is 2.13. The van der Waals surface area contributed by atoms with Crippen LogP contribution < -0.4 is 0 Å². The second-order valence-electron chi connectivity index (χ2n) is 11.1. The minimum atomic E-state index is 0.997. The Balaban J connectivity index is 0.00000153. The van der Waals surface area contributed by atoms with Crippen molar-refractivity contribution in [2.75, 3.05) is 0 Å². The summed E-state index contributed by atoms with van der Waals surface area (Å²) in [6.45, 7) is 8.31. The van der Waals surface area contributed by atoms with Crippen LogP contribution in [-0.4, -0.2) is 9.13 Å². The van der Waals surface area contributed by atoms with Gasteiger partial charge in [0.1, 0.15) is 0 Å². The van der Waals surface area contributed by atoms with Gasteiger partial charge in [0.25, 0.3) is 0 Å². The molecule has 0 fully saturated rings. The first kappa shape index (κ1) is 27.3. The lowest BCUT2D eigenvalue weighted by molar-refractivity contribution is 1.18. The van der Waals surface area contributed by atoms with E-state index in [1.807, 2.05) is 13.8 Å². The molecule has 0 amide bonds. The van der Waals surface area contributed by atoms with E-state index in [1.54, 1.807) is 0 Å². The molecule has 0 aliphatic carbocycles. The average Bonchev–Trinajstić information content (AvgIpc) is 3.57. The van der Waals surface area contributed by atoms with E-state index in [-0.39, 0.29) is 0 Å². The van der Waals surface area contributed by atoms with Gasteiger partial charge in [-0.05, 0) is 98.8 Å². The SMILES string of the molecule is CC.Cc1ccc2c(c1)c1cc(C)ccc1n2-c1ccc(C#Cc2ccc(-n3c4ccccc4c4ccccc43)cc2)cc1. The smallest absolute Gasteiger partial charge is 0.0541 e. The normalized spacial score (nSPS) is 11.0. The van der Waals surface area contributed by atoms with E-state index >= 15 is 0 Å². The molecule has 212 valence electrons. The minimum absolute atomic E-state index is 0.997. The Labute approximate surface area is 258 Å². The maximum Gasteiger partial charge on any atom is 0.0541 e. The predicted octanol–water partition coefficient (Wildman–Crippen LogP) is 10.9. The van der Waals surface area contributed by atoms with Crippen molar-refractivity contribution in [1.82, 2.24) is 9.13 Å². The molecule has 8 rings (SSSR count). The molecule has 0 aliphatic heterocycles. The summed E-state index contributed by atoms with van der Waals surface area (Å²) in [6, 6.07) is 47.8. The van der Waals surface area contributed by atoms with Crippen molar-refractivity contribution in [2.24, 2.45) is 0 Å². The maximum atomic E-state index is 3.37. The maximum absolute atomic E-state index is 3.37. The van der Waals surface area contributed by atoms with E-state index in [1.165, 1.54) is 54.7 Å². The van der Waals surface area contributed by atoms with Crippen LogP contribution in [0, 0.1) is 25.7 Å². The van der Waals surface area contributed by atoms with E-state index < -0.39 is 0 Å². The summed E-state index contributed by atoms with van der Waals surface area (Å²) in [5, 5.41) is 5.13. The van der Waals surface area contributed by atoms with Crippen molar-refractivity contribution in [2.45, 2.75) is 27.7 Å². The van der Waals surface area contributed by atoms with Crippen LogP contribution in [0.1, 0.15) is 36.1 Å². The zero-order valence-corrected chi connectivity index (χ0v) is 25.6. The first-order chi connectivity index (χ1) is 21.6. The molecule has 2 nitrogen and oxygen atoms in total. The molecule has 0 unspecified atom stereocenters. The van der Waals surface area contributed by atoms with Crippen molar-refractivity contribution >= 4 is 43.6 Å². The summed E-state index contributed by atoms with van der Waals surface area (Å²) < 4.78 is 4.69. The van der Waals surface area contributed by atoms with Crippen molar-refractivity contribution in [1.29, 1.82) is 0 Å². The number of rotatable bonds is 2. The van der Waals surface area contributed by atoms with Crippen LogP contribution in [0.4, 0.5) is 0 Å². The average molecular weight is 567 g/mol. The first-order valence-corrected chi connectivity index (χ1v) is 15.4. The molecule has 0 N–H and O–H groups in total. The quantitative estimate of drug-likeness (QED) is 0.184. The van der Waals surface area contributed by atoms with E-state index in [4.69, 9.17) is 0 Å². The molecule has 0 saturated carbocycles. The summed E-state index contributed by atoms with van der Waals surface area (Å²) in [5.41, 5.74) is 11.7. The lowest BCUT2D eigenvalue weighted by Gasteiger charge is -2.08. The van der Waals surface area contributed by atoms with Gasteiger partial charge < -0.3 is 9.13 Å². The van der Waals surface area contributed by atoms with E-state index in [0.29, 0.717) is 0 Å². The Kier molecular flexibility index (Phi) is 7.01. The molecule has 2 heteroatoms. The Morgan fingerprint density at radius 3 is 1.16 bits per heavy atom. The summed E-state index contributed by atoms with van der Waals surface area (Å²) in [4.78, 5) is 0. The van der Waals surface area contributed by atoms with Gasteiger partial charge >= 0.3 is 0 Å². The highest BCUT2D eigenvalue weighted by molar-refractivity contribution is 6.10. The first-order valence-electron chi connectivity index (χ1n) is 15.4. The lowest BCUT2D eigenvalue weighted by atomic mass is 10.1. The van der Waals surface area contributed by atoms with E-state index in [0.717, 1.165) is 22.5 Å². The van der Waals surface area contributed by atoms with Gasteiger partial charge in [-0.15, -0.1) is 0 Å². The topological polar surface area (TPSA) is 9.86 Å². The van der Waals surface area contributed by atoms with Gasteiger partial charge in [-0.3, -0.25) is 0 Å². The molecule has 0 radical (unpaired) electrons. The molecule has 2 heterocycles.